The molecule has 75 heavy (non-hydrogen) atoms. The normalized spacial score (nSPS) is 23.1. The fourth-order valence-corrected chi connectivity index (χ4v) is 10.6. The second-order valence-corrected chi connectivity index (χ2v) is 22.8. The smallest absolute Gasteiger partial charge is 0.157 e. The standard InChI is InChI=1S/C15H25N.C15H28O4.C10H20.C10H14.C10H20.C10H14/c1-3-5-12-16(13-6-4-2)14-15-10-8-7-9-11-15;1-3-5-7-13-16-9-15(10-17-13)11-18-14(19-12-15)8-6-4-2;2*1-3-9-5-7-10(4-2)8-6-9;2*1-3-9-6-5-7-10(4-2)8-9/h7-11H,3-6,12-14H2,1-2H3;13-14H,3-12H2,1-2H3;9-10H,3-8H2,1-2H3;5-8H,3-4H2,1-2H3;9-10H,3-8H2,1-2H3;5-8H,3-4H2,1-2H3. The molecule has 2 heterocycles. The average Bonchev–Trinajstić information content (AvgIpc) is 3.48. The van der Waals surface area contributed by atoms with Gasteiger partial charge in [0.2, 0.25) is 0 Å². The molecule has 2 saturated carbocycles. The van der Waals surface area contributed by atoms with Crippen molar-refractivity contribution < 1.29 is 18.9 Å². The predicted octanol–water partition coefficient (Wildman–Crippen LogP) is 20.0. The molecule has 7 rings (SSSR count). The second-order valence-electron chi connectivity index (χ2n) is 22.8. The van der Waals surface area contributed by atoms with E-state index < -0.39 is 0 Å². The highest BCUT2D eigenvalue weighted by Gasteiger charge is 2.41. The summed E-state index contributed by atoms with van der Waals surface area (Å²) >= 11 is 0. The molecule has 4 aliphatic rings. The van der Waals surface area contributed by atoms with Crippen LogP contribution in [0.15, 0.2) is 78.9 Å². The monoisotopic (exact) mass is 1040 g/mol. The Kier molecular flexibility index (Phi) is 40.5. The summed E-state index contributed by atoms with van der Waals surface area (Å²) in [6.07, 6.45) is 34.1. The van der Waals surface area contributed by atoms with Crippen LogP contribution >= 0.6 is 0 Å². The molecule has 0 N–H and O–H groups in total. The van der Waals surface area contributed by atoms with Crippen LogP contribution in [0.4, 0.5) is 0 Å². The van der Waals surface area contributed by atoms with Crippen LogP contribution in [0.25, 0.3) is 0 Å². The third-order valence-corrected chi connectivity index (χ3v) is 16.6. The number of hydrogen-bond donors (Lipinski definition) is 0. The zero-order valence-electron chi connectivity index (χ0n) is 51.4. The van der Waals surface area contributed by atoms with Crippen molar-refractivity contribution in [2.45, 2.75) is 269 Å². The Balaban J connectivity index is 0.000000315. The summed E-state index contributed by atoms with van der Waals surface area (Å²) in [5.74, 6) is 4.28. The quantitative estimate of drug-likeness (QED) is 0.100. The van der Waals surface area contributed by atoms with Gasteiger partial charge >= 0.3 is 0 Å². The highest BCUT2D eigenvalue weighted by Crippen LogP contribution is 2.34. The van der Waals surface area contributed by atoms with Gasteiger partial charge in [0.25, 0.3) is 0 Å². The Hall–Kier alpha value is -2.54. The second kappa shape index (κ2) is 44.3. The number of unbranched alkanes of at least 4 members (excludes halogenated alkanes) is 4. The van der Waals surface area contributed by atoms with Crippen molar-refractivity contribution in [1.29, 1.82) is 0 Å². The van der Waals surface area contributed by atoms with E-state index in [4.69, 9.17) is 18.9 Å². The molecule has 5 nitrogen and oxygen atoms in total. The van der Waals surface area contributed by atoms with Crippen molar-refractivity contribution in [3.63, 3.8) is 0 Å². The minimum atomic E-state index is -0.0779. The molecule has 2 aliphatic carbocycles. The van der Waals surface area contributed by atoms with E-state index in [9.17, 15) is 0 Å². The molecule has 2 unspecified atom stereocenters. The topological polar surface area (TPSA) is 40.2 Å². The van der Waals surface area contributed by atoms with Gasteiger partial charge in [-0.3, -0.25) is 4.90 Å². The van der Waals surface area contributed by atoms with E-state index in [1.165, 1.54) is 156 Å². The summed E-state index contributed by atoms with van der Waals surface area (Å²) < 4.78 is 23.2. The molecule has 0 amide bonds. The zero-order valence-corrected chi connectivity index (χ0v) is 51.4. The molecular formula is C70H121NO4. The van der Waals surface area contributed by atoms with Crippen molar-refractivity contribution in [2.75, 3.05) is 39.5 Å². The minimum Gasteiger partial charge on any atom is -0.352 e. The number of benzene rings is 3. The molecule has 3 aromatic rings. The van der Waals surface area contributed by atoms with Crippen molar-refractivity contribution in [3.8, 4) is 0 Å². The minimum absolute atomic E-state index is 0.0246. The third kappa shape index (κ3) is 31.0. The SMILES string of the molecule is CCC1CCC(CC)CC1.CCC1CCCC(CC)C1.CCCCC1OCC2(CO1)COC(CCCC)OC2.CCCCN(CCCC)Cc1ccccc1.CCc1ccc(CC)cc1.CCc1cccc(CC)c1. The van der Waals surface area contributed by atoms with Gasteiger partial charge in [-0.2, -0.15) is 0 Å². The maximum absolute atomic E-state index is 5.81. The first-order valence-corrected chi connectivity index (χ1v) is 32.0. The third-order valence-electron chi connectivity index (χ3n) is 16.6. The Morgan fingerprint density at radius 3 is 1.12 bits per heavy atom. The fraction of sp³-hybridized carbons (Fsp3) is 0.743. The maximum atomic E-state index is 5.81. The fourth-order valence-electron chi connectivity index (χ4n) is 10.6. The van der Waals surface area contributed by atoms with Crippen LogP contribution in [0, 0.1) is 29.1 Å². The molecule has 0 radical (unpaired) electrons. The summed E-state index contributed by atoms with van der Waals surface area (Å²) in [6, 6.07) is 28.4. The van der Waals surface area contributed by atoms with E-state index in [1.807, 2.05) is 0 Å². The summed E-state index contributed by atoms with van der Waals surface area (Å²) in [7, 11) is 0. The van der Waals surface area contributed by atoms with Gasteiger partial charge in [0, 0.05) is 6.54 Å². The Bertz CT molecular complexity index is 1590. The van der Waals surface area contributed by atoms with Crippen LogP contribution in [0.3, 0.4) is 0 Å². The first kappa shape index (κ1) is 68.6. The molecule has 0 aromatic heterocycles. The molecule has 0 bridgehead atoms. The van der Waals surface area contributed by atoms with Crippen LogP contribution in [0.5, 0.6) is 0 Å². The van der Waals surface area contributed by atoms with Gasteiger partial charge in [0.15, 0.2) is 12.6 Å². The first-order valence-electron chi connectivity index (χ1n) is 32.0. The lowest BCUT2D eigenvalue weighted by atomic mass is 9.79. The van der Waals surface area contributed by atoms with Crippen LogP contribution in [0.1, 0.15) is 252 Å². The molecule has 1 spiro atoms. The molecule has 2 atom stereocenters. The molecule has 4 fully saturated rings. The molecule has 430 valence electrons. The Morgan fingerprint density at radius 2 is 0.773 bits per heavy atom. The summed E-state index contributed by atoms with van der Waals surface area (Å²) in [5.41, 5.74) is 7.11. The van der Waals surface area contributed by atoms with Crippen LogP contribution in [0.2, 0.25) is 0 Å². The molecule has 2 aliphatic heterocycles. The van der Waals surface area contributed by atoms with Crippen LogP contribution < -0.4 is 0 Å². The lowest BCUT2D eigenvalue weighted by Crippen LogP contribution is -2.52. The Morgan fingerprint density at radius 1 is 0.400 bits per heavy atom. The van der Waals surface area contributed by atoms with E-state index in [1.54, 1.807) is 0 Å². The van der Waals surface area contributed by atoms with Crippen molar-refractivity contribution in [3.05, 3.63) is 107 Å². The average molecular weight is 1040 g/mol. The van der Waals surface area contributed by atoms with Gasteiger partial charge in [-0.1, -0.05) is 258 Å². The summed E-state index contributed by atoms with van der Waals surface area (Å²) in [5, 5.41) is 0. The van der Waals surface area contributed by atoms with Gasteiger partial charge in [0.1, 0.15) is 0 Å². The van der Waals surface area contributed by atoms with Crippen LogP contribution in [-0.2, 0) is 51.2 Å². The first-order chi connectivity index (χ1) is 36.6. The zero-order chi connectivity index (χ0) is 54.8. The molecule has 5 heteroatoms. The van der Waals surface area contributed by atoms with E-state index in [-0.39, 0.29) is 18.0 Å². The lowest BCUT2D eigenvalue weighted by molar-refractivity contribution is -0.304. The molecular weight excluding hydrogens is 919 g/mol. The predicted molar refractivity (Wildman–Crippen MR) is 327 cm³/mol. The van der Waals surface area contributed by atoms with E-state index >= 15 is 0 Å². The summed E-state index contributed by atoms with van der Waals surface area (Å²) in [4.78, 5) is 2.59. The number of ether oxygens (including phenoxy) is 4. The van der Waals surface area contributed by atoms with Crippen molar-refractivity contribution in [2.24, 2.45) is 29.1 Å². The summed E-state index contributed by atoms with van der Waals surface area (Å²) in [6.45, 7) is 33.4. The van der Waals surface area contributed by atoms with Crippen LogP contribution in [-0.4, -0.2) is 57.0 Å². The van der Waals surface area contributed by atoms with E-state index in [0.29, 0.717) is 26.4 Å². The number of rotatable bonds is 22. The number of hydrogen-bond acceptors (Lipinski definition) is 5. The highest BCUT2D eigenvalue weighted by atomic mass is 16.7. The van der Waals surface area contributed by atoms with Gasteiger partial charge in [0.05, 0.1) is 31.8 Å². The van der Waals surface area contributed by atoms with E-state index in [0.717, 1.165) is 81.6 Å². The van der Waals surface area contributed by atoms with Crippen molar-refractivity contribution in [1.82, 2.24) is 4.90 Å². The molecule has 2 saturated heterocycles. The maximum Gasteiger partial charge on any atom is 0.157 e. The number of aryl methyl sites for hydroxylation is 4. The van der Waals surface area contributed by atoms with E-state index in [2.05, 4.69) is 167 Å². The highest BCUT2D eigenvalue weighted by molar-refractivity contribution is 5.23. The van der Waals surface area contributed by atoms with Crippen molar-refractivity contribution >= 4 is 0 Å². The Labute approximate surface area is 466 Å². The molecule has 3 aromatic carbocycles. The van der Waals surface area contributed by atoms with Gasteiger partial charge < -0.3 is 18.9 Å². The van der Waals surface area contributed by atoms with Gasteiger partial charge in [-0.15, -0.1) is 0 Å². The van der Waals surface area contributed by atoms with Gasteiger partial charge in [-0.05, 0) is 135 Å². The van der Waals surface area contributed by atoms with Gasteiger partial charge in [-0.25, -0.2) is 0 Å². The lowest BCUT2D eigenvalue weighted by Gasteiger charge is -2.43. The number of nitrogens with zero attached hydrogens (tertiary/aromatic N) is 1. The largest absolute Gasteiger partial charge is 0.352 e.